The van der Waals surface area contributed by atoms with Gasteiger partial charge < -0.3 is 5.32 Å². The van der Waals surface area contributed by atoms with E-state index in [1.54, 1.807) is 17.4 Å². The third-order valence-corrected chi connectivity index (χ3v) is 5.45. The molecule has 0 aliphatic carbocycles. The Morgan fingerprint density at radius 1 is 1.42 bits per heavy atom. The van der Waals surface area contributed by atoms with Crippen LogP contribution in [0.4, 0.5) is 0 Å². The smallest absolute Gasteiger partial charge is 0.282 e. The van der Waals surface area contributed by atoms with Crippen molar-refractivity contribution in [1.82, 2.24) is 13.9 Å². The van der Waals surface area contributed by atoms with E-state index in [1.807, 2.05) is 0 Å². The molecule has 5 nitrogen and oxygen atoms in total. The van der Waals surface area contributed by atoms with Crippen LogP contribution in [0.2, 0.25) is 0 Å². The maximum absolute atomic E-state index is 12.2. The third kappa shape index (κ3) is 4.87. The van der Waals surface area contributed by atoms with Gasteiger partial charge in [-0.05, 0) is 25.3 Å². The number of nitrogens with one attached hydrogen (secondary N) is 1. The summed E-state index contributed by atoms with van der Waals surface area (Å²) in [6.45, 7) is 10.4. The maximum Gasteiger partial charge on any atom is 0.282 e. The van der Waals surface area contributed by atoms with Gasteiger partial charge in [-0.25, -0.2) is 0 Å². The molecule has 0 bridgehead atoms. The number of likely N-dealkylation sites (N-methyl/N-ethyl adjacent to an activating group) is 1. The van der Waals surface area contributed by atoms with E-state index in [9.17, 15) is 8.42 Å². The van der Waals surface area contributed by atoms with Crippen molar-refractivity contribution in [1.29, 1.82) is 0 Å². The van der Waals surface area contributed by atoms with Gasteiger partial charge in [0.25, 0.3) is 10.2 Å². The van der Waals surface area contributed by atoms with Gasteiger partial charge in [0.05, 0.1) is 0 Å². The van der Waals surface area contributed by atoms with Crippen LogP contribution in [-0.4, -0.2) is 56.3 Å². The molecule has 1 aliphatic rings. The van der Waals surface area contributed by atoms with Crippen LogP contribution in [0.3, 0.4) is 0 Å². The largest absolute Gasteiger partial charge is 0.314 e. The predicted octanol–water partition coefficient (Wildman–Crippen LogP) is 1.06. The molecular weight excluding hydrogens is 262 g/mol. The summed E-state index contributed by atoms with van der Waals surface area (Å²) in [5.74, 6) is 0.582. The average Bonchev–Trinajstić information content (AvgIpc) is 2.37. The van der Waals surface area contributed by atoms with Crippen molar-refractivity contribution in [3.8, 4) is 0 Å². The van der Waals surface area contributed by atoms with Crippen LogP contribution in [0.5, 0.6) is 0 Å². The summed E-state index contributed by atoms with van der Waals surface area (Å²) >= 11 is 0. The van der Waals surface area contributed by atoms with E-state index in [4.69, 9.17) is 0 Å². The third-order valence-electron chi connectivity index (χ3n) is 3.49. The molecule has 1 rings (SSSR count). The van der Waals surface area contributed by atoms with Gasteiger partial charge in [0, 0.05) is 32.7 Å². The number of hydrogen-bond donors (Lipinski definition) is 1. The second-order valence-corrected chi connectivity index (χ2v) is 7.52. The minimum absolute atomic E-state index is 0.358. The SMILES string of the molecule is C=CCN(C)S(=O)(=O)N1CCC(CNC(C)C)CC1. The lowest BCUT2D eigenvalue weighted by atomic mass is 9.98. The van der Waals surface area contributed by atoms with E-state index in [-0.39, 0.29) is 0 Å². The highest BCUT2D eigenvalue weighted by Gasteiger charge is 2.30. The van der Waals surface area contributed by atoms with Crippen LogP contribution in [0, 0.1) is 5.92 Å². The number of rotatable bonds is 7. The van der Waals surface area contributed by atoms with E-state index >= 15 is 0 Å². The first kappa shape index (κ1) is 16.6. The number of hydrogen-bond acceptors (Lipinski definition) is 3. The summed E-state index contributed by atoms with van der Waals surface area (Å²) in [5, 5.41) is 3.42. The van der Waals surface area contributed by atoms with Crippen molar-refractivity contribution in [2.75, 3.05) is 33.2 Å². The van der Waals surface area contributed by atoms with E-state index in [0.717, 1.165) is 19.4 Å². The number of nitrogens with zero attached hydrogens (tertiary/aromatic N) is 2. The normalized spacial score (nSPS) is 19.2. The molecule has 1 fully saturated rings. The van der Waals surface area contributed by atoms with Crippen molar-refractivity contribution in [2.24, 2.45) is 5.92 Å². The van der Waals surface area contributed by atoms with Crippen LogP contribution in [0.25, 0.3) is 0 Å². The van der Waals surface area contributed by atoms with Crippen molar-refractivity contribution < 1.29 is 8.42 Å². The summed E-state index contributed by atoms with van der Waals surface area (Å²) in [4.78, 5) is 0. The Labute approximate surface area is 117 Å². The molecule has 0 amide bonds. The van der Waals surface area contributed by atoms with Crippen molar-refractivity contribution in [3.63, 3.8) is 0 Å². The van der Waals surface area contributed by atoms with E-state index in [2.05, 4.69) is 25.7 Å². The predicted molar refractivity (Wildman–Crippen MR) is 79.2 cm³/mol. The molecule has 0 atom stereocenters. The lowest BCUT2D eigenvalue weighted by Crippen LogP contribution is -2.47. The standard InChI is InChI=1S/C13H27N3O2S/c1-5-8-15(4)19(17,18)16-9-6-13(7-10-16)11-14-12(2)3/h5,12-14H,1,6-11H2,2-4H3. The fourth-order valence-corrected chi connectivity index (χ4v) is 3.58. The Balaban J connectivity index is 2.47. The van der Waals surface area contributed by atoms with Crippen molar-refractivity contribution >= 4 is 10.2 Å². The summed E-state index contributed by atoms with van der Waals surface area (Å²) in [7, 11) is -1.70. The van der Waals surface area contributed by atoms with Crippen molar-refractivity contribution in [3.05, 3.63) is 12.7 Å². The molecule has 1 N–H and O–H groups in total. The molecular formula is C13H27N3O2S. The average molecular weight is 289 g/mol. The Morgan fingerprint density at radius 2 is 2.00 bits per heavy atom. The monoisotopic (exact) mass is 289 g/mol. The molecule has 0 saturated carbocycles. The lowest BCUT2D eigenvalue weighted by Gasteiger charge is -2.33. The van der Waals surface area contributed by atoms with Crippen molar-refractivity contribution in [2.45, 2.75) is 32.7 Å². The zero-order valence-electron chi connectivity index (χ0n) is 12.3. The Morgan fingerprint density at radius 3 is 2.47 bits per heavy atom. The van der Waals surface area contributed by atoms with Gasteiger partial charge in [-0.1, -0.05) is 19.9 Å². The second kappa shape index (κ2) is 7.38. The van der Waals surface area contributed by atoms with E-state index < -0.39 is 10.2 Å². The lowest BCUT2D eigenvalue weighted by molar-refractivity contribution is 0.252. The topological polar surface area (TPSA) is 52.7 Å². The first-order chi connectivity index (χ1) is 8.87. The Kier molecular flexibility index (Phi) is 6.46. The summed E-state index contributed by atoms with van der Waals surface area (Å²) < 4.78 is 27.4. The highest BCUT2D eigenvalue weighted by molar-refractivity contribution is 7.86. The molecule has 0 spiro atoms. The number of piperidine rings is 1. The Hall–Kier alpha value is -0.430. The molecule has 0 aromatic heterocycles. The molecule has 1 saturated heterocycles. The highest BCUT2D eigenvalue weighted by atomic mass is 32.2. The van der Waals surface area contributed by atoms with Gasteiger partial charge in [0.2, 0.25) is 0 Å². The molecule has 1 heterocycles. The van der Waals surface area contributed by atoms with Gasteiger partial charge >= 0.3 is 0 Å². The molecule has 1 aliphatic heterocycles. The van der Waals surface area contributed by atoms with Crippen LogP contribution < -0.4 is 5.32 Å². The van der Waals surface area contributed by atoms with Gasteiger partial charge in [-0.2, -0.15) is 17.0 Å². The van der Waals surface area contributed by atoms with Crippen LogP contribution in [0.1, 0.15) is 26.7 Å². The molecule has 19 heavy (non-hydrogen) atoms. The zero-order chi connectivity index (χ0) is 14.5. The van der Waals surface area contributed by atoms with Gasteiger partial charge in [-0.3, -0.25) is 0 Å². The van der Waals surface area contributed by atoms with Crippen LogP contribution in [-0.2, 0) is 10.2 Å². The molecule has 0 aromatic carbocycles. The maximum atomic E-state index is 12.2. The fourth-order valence-electron chi connectivity index (χ4n) is 2.22. The molecule has 0 radical (unpaired) electrons. The first-order valence-electron chi connectivity index (χ1n) is 6.93. The van der Waals surface area contributed by atoms with Crippen LogP contribution >= 0.6 is 0 Å². The fraction of sp³-hybridized carbons (Fsp3) is 0.846. The second-order valence-electron chi connectivity index (χ2n) is 5.48. The summed E-state index contributed by atoms with van der Waals surface area (Å²) in [5.41, 5.74) is 0. The minimum Gasteiger partial charge on any atom is -0.314 e. The molecule has 112 valence electrons. The van der Waals surface area contributed by atoms with E-state index in [0.29, 0.717) is 31.6 Å². The van der Waals surface area contributed by atoms with E-state index in [1.165, 1.54) is 4.31 Å². The molecule has 0 unspecified atom stereocenters. The molecule has 0 aromatic rings. The quantitative estimate of drug-likeness (QED) is 0.713. The molecule has 6 heteroatoms. The van der Waals surface area contributed by atoms with Gasteiger partial charge in [-0.15, -0.1) is 6.58 Å². The van der Waals surface area contributed by atoms with Crippen LogP contribution in [0.15, 0.2) is 12.7 Å². The minimum atomic E-state index is -3.30. The Bertz CT molecular complexity index is 373. The summed E-state index contributed by atoms with van der Waals surface area (Å²) in [6.07, 6.45) is 3.47. The zero-order valence-corrected chi connectivity index (χ0v) is 13.1. The summed E-state index contributed by atoms with van der Waals surface area (Å²) in [6, 6.07) is 0.487. The van der Waals surface area contributed by atoms with Gasteiger partial charge in [0.15, 0.2) is 0 Å². The first-order valence-corrected chi connectivity index (χ1v) is 8.33. The highest BCUT2D eigenvalue weighted by Crippen LogP contribution is 2.20. The van der Waals surface area contributed by atoms with Gasteiger partial charge in [0.1, 0.15) is 0 Å².